The topological polar surface area (TPSA) is 64.1 Å². The van der Waals surface area contributed by atoms with Gasteiger partial charge in [-0.3, -0.25) is 4.79 Å². The maximum absolute atomic E-state index is 12.4. The number of fused-ring (bicyclic) bond motifs is 2. The van der Waals surface area contributed by atoms with E-state index in [-0.39, 0.29) is 18.6 Å². The molecule has 4 rings (SSSR count). The molecule has 1 heterocycles. The van der Waals surface area contributed by atoms with E-state index in [4.69, 9.17) is 4.74 Å². The summed E-state index contributed by atoms with van der Waals surface area (Å²) in [6.45, 7) is 1.76. The molecule has 1 aromatic heterocycles. The largest absolute Gasteiger partial charge is 0.467 e. The fraction of sp³-hybridized carbons (Fsp3) is 0.286. The van der Waals surface area contributed by atoms with Gasteiger partial charge in [0.25, 0.3) is 5.91 Å². The third-order valence-electron chi connectivity index (χ3n) is 4.72. The van der Waals surface area contributed by atoms with E-state index in [9.17, 15) is 4.79 Å². The standard InChI is InChI=1S/C21H21N3O2/c1-14-22-19-11-5-4-10-17(19)21(23-14)26-13-20(25)24-18-12-6-8-15-7-2-3-9-16(15)18/h2-5,7,9-11,18H,6,8,12-13H2,1H3,(H,24,25). The molecule has 1 unspecified atom stereocenters. The van der Waals surface area contributed by atoms with Crippen LogP contribution in [0.1, 0.15) is 35.8 Å². The number of hydrogen-bond donors (Lipinski definition) is 1. The molecule has 1 atom stereocenters. The zero-order chi connectivity index (χ0) is 17.9. The first-order chi connectivity index (χ1) is 12.7. The number of nitrogens with one attached hydrogen (secondary N) is 1. The Hall–Kier alpha value is -2.95. The normalized spacial score (nSPS) is 16.1. The molecule has 2 aromatic carbocycles. The second kappa shape index (κ2) is 7.12. The maximum Gasteiger partial charge on any atom is 0.258 e. The average molecular weight is 347 g/mol. The van der Waals surface area contributed by atoms with Gasteiger partial charge in [0, 0.05) is 0 Å². The number of ether oxygens (including phenoxy) is 1. The van der Waals surface area contributed by atoms with Crippen molar-refractivity contribution in [3.05, 3.63) is 65.5 Å². The average Bonchev–Trinajstić information content (AvgIpc) is 2.66. The van der Waals surface area contributed by atoms with Crippen LogP contribution < -0.4 is 10.1 Å². The first-order valence-corrected chi connectivity index (χ1v) is 8.94. The molecule has 1 aliphatic rings. The summed E-state index contributed by atoms with van der Waals surface area (Å²) < 4.78 is 5.73. The molecule has 1 amide bonds. The molecular formula is C21H21N3O2. The lowest BCUT2D eigenvalue weighted by Crippen LogP contribution is -2.34. The Morgan fingerprint density at radius 2 is 1.96 bits per heavy atom. The van der Waals surface area contributed by atoms with E-state index in [1.54, 1.807) is 0 Å². The van der Waals surface area contributed by atoms with Crippen LogP contribution in [0.4, 0.5) is 0 Å². The number of hydrogen-bond acceptors (Lipinski definition) is 4. The quantitative estimate of drug-likeness (QED) is 0.784. The highest BCUT2D eigenvalue weighted by Gasteiger charge is 2.21. The molecule has 0 aliphatic heterocycles. The molecule has 0 saturated heterocycles. The number of carbonyl (C=O) groups is 1. The van der Waals surface area contributed by atoms with Crippen molar-refractivity contribution in [3.8, 4) is 5.88 Å². The first kappa shape index (κ1) is 16.5. The Morgan fingerprint density at radius 1 is 1.15 bits per heavy atom. The second-order valence-electron chi connectivity index (χ2n) is 6.59. The molecule has 132 valence electrons. The molecule has 0 radical (unpaired) electrons. The van der Waals surface area contributed by atoms with E-state index in [2.05, 4.69) is 33.5 Å². The van der Waals surface area contributed by atoms with Crippen LogP contribution in [0.2, 0.25) is 0 Å². The summed E-state index contributed by atoms with van der Waals surface area (Å²) in [6.07, 6.45) is 3.11. The zero-order valence-electron chi connectivity index (χ0n) is 14.7. The van der Waals surface area contributed by atoms with E-state index in [1.165, 1.54) is 11.1 Å². The van der Waals surface area contributed by atoms with Crippen molar-refractivity contribution >= 4 is 16.8 Å². The summed E-state index contributed by atoms with van der Waals surface area (Å²) in [4.78, 5) is 21.2. The monoisotopic (exact) mass is 347 g/mol. The highest BCUT2D eigenvalue weighted by molar-refractivity contribution is 5.84. The summed E-state index contributed by atoms with van der Waals surface area (Å²) in [6, 6.07) is 16.0. The number of rotatable bonds is 4. The van der Waals surface area contributed by atoms with Gasteiger partial charge in [0.15, 0.2) is 6.61 Å². The number of amides is 1. The fourth-order valence-electron chi connectivity index (χ4n) is 3.54. The van der Waals surface area contributed by atoms with Crippen LogP contribution in [-0.2, 0) is 11.2 Å². The van der Waals surface area contributed by atoms with Gasteiger partial charge in [0.05, 0.1) is 16.9 Å². The number of aromatic nitrogens is 2. The van der Waals surface area contributed by atoms with Crippen LogP contribution in [0.5, 0.6) is 5.88 Å². The minimum absolute atomic E-state index is 0.0555. The SMILES string of the molecule is Cc1nc(OCC(=O)NC2CCCc3ccccc32)c2ccccc2n1. The van der Waals surface area contributed by atoms with Gasteiger partial charge in [0.2, 0.25) is 5.88 Å². The van der Waals surface area contributed by atoms with Crippen molar-refractivity contribution in [3.63, 3.8) is 0 Å². The molecule has 1 N–H and O–H groups in total. The van der Waals surface area contributed by atoms with E-state index in [1.807, 2.05) is 37.3 Å². The maximum atomic E-state index is 12.4. The fourth-order valence-corrected chi connectivity index (χ4v) is 3.54. The Kier molecular flexibility index (Phi) is 4.52. The van der Waals surface area contributed by atoms with Crippen LogP contribution in [0, 0.1) is 6.92 Å². The Morgan fingerprint density at radius 3 is 2.88 bits per heavy atom. The summed E-state index contributed by atoms with van der Waals surface area (Å²) in [5.41, 5.74) is 3.36. The molecule has 0 saturated carbocycles. The summed E-state index contributed by atoms with van der Waals surface area (Å²) in [5, 5.41) is 3.91. The van der Waals surface area contributed by atoms with Gasteiger partial charge in [0.1, 0.15) is 5.82 Å². The molecule has 0 bridgehead atoms. The number of para-hydroxylation sites is 1. The van der Waals surface area contributed by atoms with Gasteiger partial charge >= 0.3 is 0 Å². The Labute approximate surface area is 152 Å². The van der Waals surface area contributed by atoms with Gasteiger partial charge < -0.3 is 10.1 Å². The molecule has 5 heteroatoms. The van der Waals surface area contributed by atoms with Crippen LogP contribution in [-0.4, -0.2) is 22.5 Å². The summed E-state index contributed by atoms with van der Waals surface area (Å²) in [5.74, 6) is 0.944. The lowest BCUT2D eigenvalue weighted by atomic mass is 9.88. The molecule has 0 spiro atoms. The number of benzene rings is 2. The van der Waals surface area contributed by atoms with E-state index in [0.717, 1.165) is 30.2 Å². The molecule has 3 aromatic rings. The second-order valence-corrected chi connectivity index (χ2v) is 6.59. The molecule has 5 nitrogen and oxygen atoms in total. The Balaban J connectivity index is 1.46. The number of nitrogens with zero attached hydrogens (tertiary/aromatic N) is 2. The minimum Gasteiger partial charge on any atom is -0.467 e. The summed E-state index contributed by atoms with van der Waals surface area (Å²) >= 11 is 0. The van der Waals surface area contributed by atoms with Crippen molar-refractivity contribution in [2.45, 2.75) is 32.2 Å². The van der Waals surface area contributed by atoms with E-state index in [0.29, 0.717) is 11.7 Å². The first-order valence-electron chi connectivity index (χ1n) is 8.94. The van der Waals surface area contributed by atoms with E-state index >= 15 is 0 Å². The molecule has 26 heavy (non-hydrogen) atoms. The van der Waals surface area contributed by atoms with Crippen molar-refractivity contribution < 1.29 is 9.53 Å². The number of carbonyl (C=O) groups excluding carboxylic acids is 1. The van der Waals surface area contributed by atoms with Gasteiger partial charge in [-0.15, -0.1) is 0 Å². The van der Waals surface area contributed by atoms with Crippen molar-refractivity contribution in [2.24, 2.45) is 0 Å². The zero-order valence-corrected chi connectivity index (χ0v) is 14.7. The summed E-state index contributed by atoms with van der Waals surface area (Å²) in [7, 11) is 0. The highest BCUT2D eigenvalue weighted by atomic mass is 16.5. The number of aryl methyl sites for hydroxylation is 2. The van der Waals surface area contributed by atoms with Gasteiger partial charge in [-0.05, 0) is 49.4 Å². The third-order valence-corrected chi connectivity index (χ3v) is 4.72. The lowest BCUT2D eigenvalue weighted by Gasteiger charge is -2.26. The predicted octanol–water partition coefficient (Wildman–Crippen LogP) is 3.51. The van der Waals surface area contributed by atoms with Crippen molar-refractivity contribution in [1.82, 2.24) is 15.3 Å². The van der Waals surface area contributed by atoms with Gasteiger partial charge in [-0.2, -0.15) is 4.98 Å². The van der Waals surface area contributed by atoms with E-state index < -0.39 is 0 Å². The van der Waals surface area contributed by atoms with Crippen LogP contribution in [0.3, 0.4) is 0 Å². The predicted molar refractivity (Wildman–Crippen MR) is 100 cm³/mol. The van der Waals surface area contributed by atoms with Crippen LogP contribution in [0.25, 0.3) is 10.9 Å². The van der Waals surface area contributed by atoms with Gasteiger partial charge in [-0.1, -0.05) is 36.4 Å². The van der Waals surface area contributed by atoms with Crippen molar-refractivity contribution in [1.29, 1.82) is 0 Å². The molecular weight excluding hydrogens is 326 g/mol. The molecule has 1 aliphatic carbocycles. The van der Waals surface area contributed by atoms with Crippen LogP contribution >= 0.6 is 0 Å². The van der Waals surface area contributed by atoms with Crippen LogP contribution in [0.15, 0.2) is 48.5 Å². The minimum atomic E-state index is -0.132. The lowest BCUT2D eigenvalue weighted by molar-refractivity contribution is -0.124. The highest BCUT2D eigenvalue weighted by Crippen LogP contribution is 2.29. The van der Waals surface area contributed by atoms with Gasteiger partial charge in [-0.25, -0.2) is 4.98 Å². The smallest absolute Gasteiger partial charge is 0.258 e. The Bertz CT molecular complexity index is 955. The molecule has 0 fully saturated rings. The van der Waals surface area contributed by atoms with Crippen molar-refractivity contribution in [2.75, 3.05) is 6.61 Å². The third kappa shape index (κ3) is 3.38.